The van der Waals surface area contributed by atoms with Gasteiger partial charge in [0.2, 0.25) is 0 Å². The molecule has 2 heterocycles. The van der Waals surface area contributed by atoms with Crippen LogP contribution in [0.2, 0.25) is 0 Å². The molecule has 3 rings (SSSR count). The van der Waals surface area contributed by atoms with E-state index in [4.69, 9.17) is 0 Å². The van der Waals surface area contributed by atoms with Crippen molar-refractivity contribution in [1.82, 2.24) is 19.7 Å². The van der Waals surface area contributed by atoms with Crippen molar-refractivity contribution in [3.63, 3.8) is 0 Å². The molecule has 21 heavy (non-hydrogen) atoms. The molecule has 0 spiro atoms. The van der Waals surface area contributed by atoms with Crippen molar-refractivity contribution in [3.8, 4) is 0 Å². The highest BCUT2D eigenvalue weighted by molar-refractivity contribution is 5.88. The fourth-order valence-electron chi connectivity index (χ4n) is 2.52. The Bertz CT molecular complexity index is 788. The van der Waals surface area contributed by atoms with Crippen LogP contribution >= 0.6 is 0 Å². The number of nitrogens with one attached hydrogen (secondary N) is 1. The average Bonchev–Trinajstić information content (AvgIpc) is 2.84. The number of rotatable bonds is 3. The lowest BCUT2D eigenvalue weighted by Crippen LogP contribution is -2.02. The molecule has 108 valence electrons. The molecule has 0 aliphatic heterocycles. The molecule has 0 bridgehead atoms. The molecule has 0 fully saturated rings. The van der Waals surface area contributed by atoms with Gasteiger partial charge in [0, 0.05) is 12.7 Å². The largest absolute Gasteiger partial charge is 0.339 e. The van der Waals surface area contributed by atoms with Gasteiger partial charge in [-0.2, -0.15) is 5.10 Å². The first kappa shape index (κ1) is 13.5. The van der Waals surface area contributed by atoms with Gasteiger partial charge in [-0.1, -0.05) is 32.0 Å². The number of aromatic nitrogens is 4. The van der Waals surface area contributed by atoms with Gasteiger partial charge in [0.1, 0.15) is 12.1 Å². The van der Waals surface area contributed by atoms with Crippen LogP contribution in [0, 0.1) is 6.92 Å². The molecule has 0 aliphatic carbocycles. The van der Waals surface area contributed by atoms with Gasteiger partial charge in [0.05, 0.1) is 11.6 Å². The zero-order valence-corrected chi connectivity index (χ0v) is 12.8. The lowest BCUT2D eigenvalue weighted by atomic mass is 9.98. The quantitative estimate of drug-likeness (QED) is 0.797. The van der Waals surface area contributed by atoms with E-state index in [1.165, 1.54) is 11.1 Å². The maximum atomic E-state index is 4.38. The van der Waals surface area contributed by atoms with E-state index in [1.54, 1.807) is 17.2 Å². The highest BCUT2D eigenvalue weighted by Gasteiger charge is 2.13. The molecule has 3 aromatic rings. The molecule has 0 amide bonds. The third-order valence-electron chi connectivity index (χ3n) is 3.70. The molecule has 1 aromatic carbocycles. The Morgan fingerprint density at radius 1 is 1.19 bits per heavy atom. The van der Waals surface area contributed by atoms with E-state index in [-0.39, 0.29) is 0 Å². The number of hydrogen-bond donors (Lipinski definition) is 1. The molecule has 0 aliphatic rings. The Morgan fingerprint density at radius 2 is 2.00 bits per heavy atom. The van der Waals surface area contributed by atoms with Crippen molar-refractivity contribution in [3.05, 3.63) is 41.9 Å². The van der Waals surface area contributed by atoms with Crippen LogP contribution in [0.15, 0.2) is 30.7 Å². The second-order valence-corrected chi connectivity index (χ2v) is 5.55. The van der Waals surface area contributed by atoms with Gasteiger partial charge < -0.3 is 5.32 Å². The predicted octanol–water partition coefficient (Wildman–Crippen LogP) is 3.54. The van der Waals surface area contributed by atoms with Crippen molar-refractivity contribution >= 4 is 22.5 Å². The standard InChI is InChI=1S/C16H19N5/c1-10(2)12-7-5-6-11(3)14(12)20-15-13-8-19-21(4)16(13)18-9-17-15/h5-10H,1-4H3,(H,17,18,20). The first-order valence-electron chi connectivity index (χ1n) is 7.07. The zero-order valence-electron chi connectivity index (χ0n) is 12.8. The lowest BCUT2D eigenvalue weighted by Gasteiger charge is -2.17. The second kappa shape index (κ2) is 5.16. The zero-order chi connectivity index (χ0) is 15.0. The van der Waals surface area contributed by atoms with Gasteiger partial charge in [-0.25, -0.2) is 9.97 Å². The molecule has 2 aromatic heterocycles. The van der Waals surface area contributed by atoms with E-state index >= 15 is 0 Å². The van der Waals surface area contributed by atoms with E-state index in [0.29, 0.717) is 5.92 Å². The Kier molecular flexibility index (Phi) is 3.33. The summed E-state index contributed by atoms with van der Waals surface area (Å²) in [5.74, 6) is 1.24. The Morgan fingerprint density at radius 3 is 2.76 bits per heavy atom. The maximum Gasteiger partial charge on any atom is 0.163 e. The van der Waals surface area contributed by atoms with Crippen molar-refractivity contribution in [2.45, 2.75) is 26.7 Å². The normalized spacial score (nSPS) is 11.3. The van der Waals surface area contributed by atoms with Crippen LogP contribution < -0.4 is 5.32 Å². The summed E-state index contributed by atoms with van der Waals surface area (Å²) in [6.45, 7) is 6.50. The van der Waals surface area contributed by atoms with Crippen molar-refractivity contribution in [2.24, 2.45) is 7.05 Å². The van der Waals surface area contributed by atoms with Crippen LogP contribution in [-0.2, 0) is 7.05 Å². The van der Waals surface area contributed by atoms with Crippen LogP contribution in [0.4, 0.5) is 11.5 Å². The summed E-state index contributed by atoms with van der Waals surface area (Å²) in [4.78, 5) is 8.65. The number of benzene rings is 1. The van der Waals surface area contributed by atoms with Crippen LogP contribution in [-0.4, -0.2) is 19.7 Å². The minimum Gasteiger partial charge on any atom is -0.339 e. The Labute approximate surface area is 124 Å². The first-order chi connectivity index (χ1) is 10.1. The van der Waals surface area contributed by atoms with Crippen molar-refractivity contribution in [2.75, 3.05) is 5.32 Å². The fourth-order valence-corrected chi connectivity index (χ4v) is 2.52. The van der Waals surface area contributed by atoms with E-state index in [9.17, 15) is 0 Å². The summed E-state index contributed by atoms with van der Waals surface area (Å²) in [6, 6.07) is 6.35. The SMILES string of the molecule is Cc1cccc(C(C)C)c1Nc1ncnc2c1cnn2C. The Balaban J connectivity index is 2.11. The maximum absolute atomic E-state index is 4.38. The fraction of sp³-hybridized carbons (Fsp3) is 0.312. The van der Waals surface area contributed by atoms with Gasteiger partial charge in [0.25, 0.3) is 0 Å². The Hall–Kier alpha value is -2.43. The summed E-state index contributed by atoms with van der Waals surface area (Å²) in [7, 11) is 1.88. The van der Waals surface area contributed by atoms with Crippen molar-refractivity contribution in [1.29, 1.82) is 0 Å². The van der Waals surface area contributed by atoms with Crippen LogP contribution in [0.1, 0.15) is 30.9 Å². The number of nitrogens with zero attached hydrogens (tertiary/aromatic N) is 4. The molecule has 0 radical (unpaired) electrons. The summed E-state index contributed by atoms with van der Waals surface area (Å²) >= 11 is 0. The summed E-state index contributed by atoms with van der Waals surface area (Å²) in [6.07, 6.45) is 3.37. The molecule has 0 unspecified atom stereocenters. The van der Waals surface area contributed by atoms with E-state index in [2.05, 4.69) is 59.4 Å². The third-order valence-corrected chi connectivity index (χ3v) is 3.70. The number of anilines is 2. The number of hydrogen-bond acceptors (Lipinski definition) is 4. The number of para-hydroxylation sites is 1. The topological polar surface area (TPSA) is 55.6 Å². The first-order valence-corrected chi connectivity index (χ1v) is 7.07. The smallest absolute Gasteiger partial charge is 0.163 e. The molecule has 1 N–H and O–H groups in total. The molecular weight excluding hydrogens is 262 g/mol. The highest BCUT2D eigenvalue weighted by atomic mass is 15.3. The van der Waals surface area contributed by atoms with Crippen LogP contribution in [0.25, 0.3) is 11.0 Å². The van der Waals surface area contributed by atoms with Crippen LogP contribution in [0.5, 0.6) is 0 Å². The molecular formula is C16H19N5. The lowest BCUT2D eigenvalue weighted by molar-refractivity contribution is 0.785. The van der Waals surface area contributed by atoms with E-state index < -0.39 is 0 Å². The van der Waals surface area contributed by atoms with Crippen molar-refractivity contribution < 1.29 is 0 Å². The van der Waals surface area contributed by atoms with E-state index in [1.807, 2.05) is 7.05 Å². The minimum absolute atomic E-state index is 0.443. The van der Waals surface area contributed by atoms with Crippen LogP contribution in [0.3, 0.4) is 0 Å². The van der Waals surface area contributed by atoms with Gasteiger partial charge in [-0.05, 0) is 24.0 Å². The predicted molar refractivity (Wildman–Crippen MR) is 84.9 cm³/mol. The summed E-state index contributed by atoms with van der Waals surface area (Å²) in [5, 5.41) is 8.65. The number of aryl methyl sites for hydroxylation is 2. The minimum atomic E-state index is 0.443. The summed E-state index contributed by atoms with van der Waals surface area (Å²) < 4.78 is 1.75. The van der Waals surface area contributed by atoms with Gasteiger partial charge in [-0.3, -0.25) is 4.68 Å². The molecule has 0 saturated heterocycles. The molecule has 5 nitrogen and oxygen atoms in total. The summed E-state index contributed by atoms with van der Waals surface area (Å²) in [5.41, 5.74) is 4.44. The number of fused-ring (bicyclic) bond motifs is 1. The monoisotopic (exact) mass is 281 g/mol. The van der Waals surface area contributed by atoms with Gasteiger partial charge in [-0.15, -0.1) is 0 Å². The van der Waals surface area contributed by atoms with Gasteiger partial charge in [0.15, 0.2) is 5.65 Å². The second-order valence-electron chi connectivity index (χ2n) is 5.55. The molecule has 0 atom stereocenters. The van der Waals surface area contributed by atoms with Gasteiger partial charge >= 0.3 is 0 Å². The molecule has 0 saturated carbocycles. The average molecular weight is 281 g/mol. The highest BCUT2D eigenvalue weighted by Crippen LogP contribution is 2.31. The van der Waals surface area contributed by atoms with E-state index in [0.717, 1.165) is 22.5 Å². The molecule has 5 heteroatoms. The third kappa shape index (κ3) is 2.35.